The van der Waals surface area contributed by atoms with Gasteiger partial charge in [0, 0.05) is 5.56 Å². The summed E-state index contributed by atoms with van der Waals surface area (Å²) in [6.07, 6.45) is 0.935. The predicted octanol–water partition coefficient (Wildman–Crippen LogP) is 3.95. The van der Waals surface area contributed by atoms with Crippen molar-refractivity contribution in [3.63, 3.8) is 0 Å². The maximum absolute atomic E-state index is 5.89. The van der Waals surface area contributed by atoms with E-state index < -0.39 is 0 Å². The van der Waals surface area contributed by atoms with Crippen molar-refractivity contribution in [3.05, 3.63) is 21.2 Å². The Kier molecular flexibility index (Phi) is 3.77. The van der Waals surface area contributed by atoms with Crippen LogP contribution in [0, 0.1) is 0 Å². The molecule has 0 aliphatic rings. The van der Waals surface area contributed by atoms with E-state index in [-0.39, 0.29) is 11.2 Å². The summed E-state index contributed by atoms with van der Waals surface area (Å²) in [5.74, 6) is 0.247. The normalized spacial score (nSPS) is 13.0. The Morgan fingerprint density at radius 2 is 1.62 bits per heavy atom. The van der Waals surface area contributed by atoms with Crippen LogP contribution in [0.1, 0.15) is 31.7 Å². The van der Waals surface area contributed by atoms with Gasteiger partial charge in [0.2, 0.25) is 5.28 Å². The fourth-order valence-corrected chi connectivity index (χ4v) is 2.02. The zero-order valence-corrected chi connectivity index (χ0v) is 9.58. The van der Waals surface area contributed by atoms with Gasteiger partial charge in [0.05, 0.1) is 0 Å². The summed E-state index contributed by atoms with van der Waals surface area (Å²) in [4.78, 5) is 7.68. The van der Waals surface area contributed by atoms with Gasteiger partial charge in [-0.2, -0.15) is 0 Å². The Morgan fingerprint density at radius 1 is 1.15 bits per heavy atom. The smallest absolute Gasteiger partial charge is 0.206 e. The number of hydrogen-bond acceptors (Lipinski definition) is 2. The molecule has 0 unspecified atom stereocenters. The van der Waals surface area contributed by atoms with E-state index in [1.807, 2.05) is 13.8 Å². The summed E-state index contributed by atoms with van der Waals surface area (Å²) in [6, 6.07) is 0. The molecule has 0 aliphatic carbocycles. The van der Waals surface area contributed by atoms with Crippen molar-refractivity contribution in [1.82, 2.24) is 9.97 Å². The Hall–Kier alpha value is -0.0500. The van der Waals surface area contributed by atoms with Gasteiger partial charge in [-0.25, -0.2) is 9.97 Å². The second-order valence-electron chi connectivity index (χ2n) is 2.80. The summed E-state index contributed by atoms with van der Waals surface area (Å²) >= 11 is 17.4. The van der Waals surface area contributed by atoms with Crippen LogP contribution in [0.15, 0.2) is 0 Å². The fraction of sp³-hybridized carbons (Fsp3) is 0.500. The minimum Gasteiger partial charge on any atom is -0.206 e. The van der Waals surface area contributed by atoms with Crippen LogP contribution in [0.3, 0.4) is 0 Å². The van der Waals surface area contributed by atoms with Crippen LogP contribution in [0.25, 0.3) is 0 Å². The Morgan fingerprint density at radius 3 is 2.00 bits per heavy atom. The van der Waals surface area contributed by atoms with Crippen molar-refractivity contribution in [2.24, 2.45) is 0 Å². The molecule has 0 bridgehead atoms. The van der Waals surface area contributed by atoms with E-state index in [9.17, 15) is 0 Å². The molecule has 0 N–H and O–H groups in total. The van der Waals surface area contributed by atoms with Gasteiger partial charge in [-0.3, -0.25) is 0 Å². The first-order chi connectivity index (χ1) is 6.06. The van der Waals surface area contributed by atoms with Crippen molar-refractivity contribution >= 4 is 34.8 Å². The van der Waals surface area contributed by atoms with Gasteiger partial charge >= 0.3 is 0 Å². The molecule has 0 aromatic carbocycles. The highest BCUT2D eigenvalue weighted by Crippen LogP contribution is 2.31. The maximum Gasteiger partial charge on any atom is 0.225 e. The minimum absolute atomic E-state index is 0.0852. The van der Waals surface area contributed by atoms with Crippen LogP contribution >= 0.6 is 34.8 Å². The number of nitrogens with zero attached hydrogens (tertiary/aromatic N) is 2. The monoisotopic (exact) mass is 238 g/mol. The van der Waals surface area contributed by atoms with Crippen molar-refractivity contribution in [3.8, 4) is 0 Å². The molecule has 72 valence electrons. The molecule has 5 heteroatoms. The van der Waals surface area contributed by atoms with Gasteiger partial charge in [0.25, 0.3) is 0 Å². The number of hydrogen-bond donors (Lipinski definition) is 0. The lowest BCUT2D eigenvalue weighted by molar-refractivity contribution is 0.725. The summed E-state index contributed by atoms with van der Waals surface area (Å²) < 4.78 is 0. The Bertz CT molecular complexity index is 291. The summed E-state index contributed by atoms with van der Waals surface area (Å²) in [5.41, 5.74) is 0.773. The molecule has 1 aromatic heterocycles. The van der Waals surface area contributed by atoms with Crippen molar-refractivity contribution < 1.29 is 0 Å². The van der Waals surface area contributed by atoms with E-state index in [0.717, 1.165) is 12.0 Å². The lowest BCUT2D eigenvalue weighted by atomic mass is 10.0. The summed E-state index contributed by atoms with van der Waals surface area (Å²) in [5, 5.41) is 0.778. The average molecular weight is 240 g/mol. The maximum atomic E-state index is 5.89. The Labute approximate surface area is 92.2 Å². The zero-order valence-electron chi connectivity index (χ0n) is 7.31. The molecule has 0 saturated heterocycles. The van der Waals surface area contributed by atoms with Crippen molar-refractivity contribution in [1.29, 1.82) is 0 Å². The van der Waals surface area contributed by atoms with Gasteiger partial charge < -0.3 is 0 Å². The van der Waals surface area contributed by atoms with E-state index in [2.05, 4.69) is 9.97 Å². The average Bonchev–Trinajstić information content (AvgIpc) is 2.02. The molecule has 0 fully saturated rings. The molecule has 2 nitrogen and oxygen atoms in total. The SMILES string of the molecule is CC[C@H](C)c1c(Cl)nc(Cl)nc1Cl. The van der Waals surface area contributed by atoms with Gasteiger partial charge in [-0.15, -0.1) is 0 Å². The molecule has 0 spiro atoms. The quantitative estimate of drug-likeness (QED) is 0.577. The molecule has 1 heterocycles. The zero-order chi connectivity index (χ0) is 10.0. The molecule has 0 amide bonds. The number of halogens is 3. The van der Waals surface area contributed by atoms with E-state index >= 15 is 0 Å². The molecule has 1 rings (SSSR count). The van der Waals surface area contributed by atoms with Crippen LogP contribution in [0.5, 0.6) is 0 Å². The predicted molar refractivity (Wildman–Crippen MR) is 55.8 cm³/mol. The first-order valence-corrected chi connectivity index (χ1v) is 5.08. The van der Waals surface area contributed by atoms with Crippen LogP contribution in [-0.4, -0.2) is 9.97 Å². The van der Waals surface area contributed by atoms with Crippen LogP contribution in [0.4, 0.5) is 0 Å². The largest absolute Gasteiger partial charge is 0.225 e. The fourth-order valence-electron chi connectivity index (χ4n) is 1.00. The minimum atomic E-state index is 0.0852. The van der Waals surface area contributed by atoms with E-state index in [4.69, 9.17) is 34.8 Å². The van der Waals surface area contributed by atoms with E-state index in [1.54, 1.807) is 0 Å². The molecular weight excluding hydrogens is 230 g/mol. The first kappa shape index (κ1) is 11.0. The third-order valence-electron chi connectivity index (χ3n) is 1.93. The Balaban J connectivity index is 3.20. The van der Waals surface area contributed by atoms with Crippen LogP contribution in [-0.2, 0) is 0 Å². The molecule has 0 aliphatic heterocycles. The number of aromatic nitrogens is 2. The van der Waals surface area contributed by atoms with E-state index in [1.165, 1.54) is 0 Å². The topological polar surface area (TPSA) is 25.8 Å². The molecule has 13 heavy (non-hydrogen) atoms. The van der Waals surface area contributed by atoms with Gasteiger partial charge in [-0.05, 0) is 23.9 Å². The highest BCUT2D eigenvalue weighted by Gasteiger charge is 2.15. The highest BCUT2D eigenvalue weighted by atomic mass is 35.5. The summed E-state index contributed by atoms with van der Waals surface area (Å²) in [7, 11) is 0. The molecule has 1 atom stereocenters. The second kappa shape index (κ2) is 4.45. The third kappa shape index (κ3) is 2.46. The summed E-state index contributed by atoms with van der Waals surface area (Å²) in [6.45, 7) is 4.07. The third-order valence-corrected chi connectivity index (χ3v) is 2.68. The molecule has 1 aromatic rings. The van der Waals surface area contributed by atoms with Crippen molar-refractivity contribution in [2.45, 2.75) is 26.2 Å². The number of rotatable bonds is 2. The lowest BCUT2D eigenvalue weighted by Crippen LogP contribution is -1.99. The highest BCUT2D eigenvalue weighted by molar-refractivity contribution is 6.36. The molecular formula is C8H9Cl3N2. The van der Waals surface area contributed by atoms with Crippen LogP contribution in [0.2, 0.25) is 15.6 Å². The molecule has 0 radical (unpaired) electrons. The first-order valence-electron chi connectivity index (χ1n) is 3.94. The lowest BCUT2D eigenvalue weighted by Gasteiger charge is -2.11. The van der Waals surface area contributed by atoms with Gasteiger partial charge in [0.15, 0.2) is 0 Å². The second-order valence-corrected chi connectivity index (χ2v) is 3.85. The molecule has 0 saturated carbocycles. The standard InChI is InChI=1S/C8H9Cl3N2/c1-3-4(2)5-6(9)12-8(11)13-7(5)10/h4H,3H2,1-2H3/t4-/m0/s1. The van der Waals surface area contributed by atoms with E-state index in [0.29, 0.717) is 10.3 Å². The van der Waals surface area contributed by atoms with Crippen molar-refractivity contribution in [2.75, 3.05) is 0 Å². The van der Waals surface area contributed by atoms with Gasteiger partial charge in [-0.1, -0.05) is 37.0 Å². The van der Waals surface area contributed by atoms with Crippen LogP contribution < -0.4 is 0 Å². The van der Waals surface area contributed by atoms with Gasteiger partial charge in [0.1, 0.15) is 10.3 Å².